The van der Waals surface area contributed by atoms with Gasteiger partial charge in [-0.2, -0.15) is 0 Å². The Kier molecular flexibility index (Phi) is 3.68. The molecule has 2 aliphatic carbocycles. The first-order chi connectivity index (χ1) is 7.20. The largest absolute Gasteiger partial charge is 0.326 e. The third kappa shape index (κ3) is 2.36. The van der Waals surface area contributed by atoms with Gasteiger partial charge in [0.25, 0.3) is 0 Å². The lowest BCUT2D eigenvalue weighted by Gasteiger charge is -2.41. The Hall–Kier alpha value is -0.0800. The first kappa shape index (κ1) is 11.4. The summed E-state index contributed by atoms with van der Waals surface area (Å²) in [4.78, 5) is 2.61. The molecule has 0 bridgehead atoms. The van der Waals surface area contributed by atoms with Crippen molar-refractivity contribution in [2.45, 2.75) is 70.0 Å². The fourth-order valence-corrected chi connectivity index (χ4v) is 3.62. The molecule has 2 fully saturated rings. The van der Waals surface area contributed by atoms with E-state index in [0.29, 0.717) is 12.1 Å². The summed E-state index contributed by atoms with van der Waals surface area (Å²) in [5.74, 6) is 0.872. The van der Waals surface area contributed by atoms with Gasteiger partial charge in [0.1, 0.15) is 0 Å². The van der Waals surface area contributed by atoms with Crippen molar-refractivity contribution in [1.82, 2.24) is 4.90 Å². The van der Waals surface area contributed by atoms with Crippen LogP contribution in [-0.2, 0) is 0 Å². The van der Waals surface area contributed by atoms with E-state index in [4.69, 9.17) is 5.73 Å². The molecule has 0 heterocycles. The molecule has 2 heteroatoms. The summed E-state index contributed by atoms with van der Waals surface area (Å²) >= 11 is 0. The van der Waals surface area contributed by atoms with Crippen molar-refractivity contribution in [3.05, 3.63) is 0 Å². The van der Waals surface area contributed by atoms with Gasteiger partial charge >= 0.3 is 0 Å². The van der Waals surface area contributed by atoms with Crippen LogP contribution in [0.4, 0.5) is 0 Å². The van der Waals surface area contributed by atoms with E-state index in [1.54, 1.807) is 0 Å². The topological polar surface area (TPSA) is 29.3 Å². The first-order valence-electron chi connectivity index (χ1n) is 6.67. The summed E-state index contributed by atoms with van der Waals surface area (Å²) in [6.07, 6.45) is 9.54. The van der Waals surface area contributed by atoms with E-state index >= 15 is 0 Å². The summed E-state index contributed by atoms with van der Waals surface area (Å²) < 4.78 is 0. The van der Waals surface area contributed by atoms with Gasteiger partial charge < -0.3 is 5.73 Å². The number of likely N-dealkylation sites (N-methyl/N-ethyl adjacent to an activating group) is 1. The van der Waals surface area contributed by atoms with Crippen LogP contribution in [-0.4, -0.2) is 30.1 Å². The second kappa shape index (κ2) is 4.84. The second-order valence-electron chi connectivity index (χ2n) is 5.66. The fraction of sp³-hybridized carbons (Fsp3) is 1.00. The van der Waals surface area contributed by atoms with Crippen LogP contribution in [0.15, 0.2) is 0 Å². The highest BCUT2D eigenvalue weighted by Crippen LogP contribution is 2.32. The lowest BCUT2D eigenvalue weighted by Crippen LogP contribution is -2.50. The molecule has 4 atom stereocenters. The van der Waals surface area contributed by atoms with Crippen LogP contribution >= 0.6 is 0 Å². The lowest BCUT2D eigenvalue weighted by atomic mass is 9.84. The predicted molar refractivity (Wildman–Crippen MR) is 64.8 cm³/mol. The highest BCUT2D eigenvalue weighted by atomic mass is 15.2. The molecular weight excluding hydrogens is 184 g/mol. The smallest absolute Gasteiger partial charge is 0.0247 e. The minimum absolute atomic E-state index is 0.434. The van der Waals surface area contributed by atoms with Crippen molar-refractivity contribution in [3.8, 4) is 0 Å². The zero-order chi connectivity index (χ0) is 10.8. The first-order valence-corrected chi connectivity index (χ1v) is 6.67. The van der Waals surface area contributed by atoms with Crippen molar-refractivity contribution in [2.24, 2.45) is 11.7 Å². The maximum absolute atomic E-state index is 6.19. The summed E-state index contributed by atoms with van der Waals surface area (Å²) in [6, 6.07) is 1.90. The average Bonchev–Trinajstić information content (AvgIpc) is 2.64. The molecule has 2 saturated carbocycles. The van der Waals surface area contributed by atoms with Crippen LogP contribution in [0.5, 0.6) is 0 Å². The van der Waals surface area contributed by atoms with Crippen LogP contribution < -0.4 is 5.73 Å². The van der Waals surface area contributed by atoms with Crippen LogP contribution in [0.25, 0.3) is 0 Å². The highest BCUT2D eigenvalue weighted by molar-refractivity contribution is 4.91. The average molecular weight is 210 g/mol. The molecule has 0 radical (unpaired) electrons. The monoisotopic (exact) mass is 210 g/mol. The summed E-state index contributed by atoms with van der Waals surface area (Å²) in [5.41, 5.74) is 6.19. The molecule has 2 rings (SSSR count). The minimum atomic E-state index is 0.434. The van der Waals surface area contributed by atoms with Crippen LogP contribution in [0.1, 0.15) is 51.9 Å². The SMILES string of the molecule is CC1CCCCC1N(C)C1CCCC1N. The number of nitrogens with zero attached hydrogens (tertiary/aromatic N) is 1. The van der Waals surface area contributed by atoms with Gasteiger partial charge in [-0.3, -0.25) is 4.90 Å². The summed E-state index contributed by atoms with van der Waals surface area (Å²) in [6.45, 7) is 2.42. The van der Waals surface area contributed by atoms with Crippen molar-refractivity contribution in [1.29, 1.82) is 0 Å². The van der Waals surface area contributed by atoms with Crippen LogP contribution in [0, 0.1) is 5.92 Å². The Morgan fingerprint density at radius 2 is 1.60 bits per heavy atom. The Morgan fingerprint density at radius 1 is 0.933 bits per heavy atom. The Labute approximate surface area is 94.2 Å². The van der Waals surface area contributed by atoms with Crippen molar-refractivity contribution < 1.29 is 0 Å². The van der Waals surface area contributed by atoms with E-state index in [9.17, 15) is 0 Å². The maximum Gasteiger partial charge on any atom is 0.0247 e. The van der Waals surface area contributed by atoms with Gasteiger partial charge in [-0.15, -0.1) is 0 Å². The minimum Gasteiger partial charge on any atom is -0.326 e. The van der Waals surface area contributed by atoms with Crippen molar-refractivity contribution >= 4 is 0 Å². The van der Waals surface area contributed by atoms with E-state index in [-0.39, 0.29) is 0 Å². The molecule has 2 aliphatic rings. The van der Waals surface area contributed by atoms with Gasteiger partial charge in [0.2, 0.25) is 0 Å². The van der Waals surface area contributed by atoms with Gasteiger partial charge in [0.05, 0.1) is 0 Å². The van der Waals surface area contributed by atoms with E-state index in [1.807, 2.05) is 0 Å². The third-order valence-electron chi connectivity index (χ3n) is 4.64. The quantitative estimate of drug-likeness (QED) is 0.758. The molecule has 2 nitrogen and oxygen atoms in total. The number of rotatable bonds is 2. The van der Waals surface area contributed by atoms with E-state index in [0.717, 1.165) is 12.0 Å². The van der Waals surface area contributed by atoms with E-state index in [1.165, 1.54) is 44.9 Å². The van der Waals surface area contributed by atoms with Crippen LogP contribution in [0.2, 0.25) is 0 Å². The molecule has 0 spiro atoms. The number of nitrogens with two attached hydrogens (primary N) is 1. The molecule has 4 unspecified atom stereocenters. The standard InChI is InChI=1S/C13H26N2/c1-10-6-3-4-8-12(10)15(2)13-9-5-7-11(13)14/h10-13H,3-9,14H2,1-2H3. The second-order valence-corrected chi connectivity index (χ2v) is 5.66. The van der Waals surface area contributed by atoms with Crippen LogP contribution in [0.3, 0.4) is 0 Å². The normalized spacial score (nSPS) is 42.4. The summed E-state index contributed by atoms with van der Waals surface area (Å²) in [5, 5.41) is 0. The van der Waals surface area contributed by atoms with Gasteiger partial charge in [-0.1, -0.05) is 26.2 Å². The van der Waals surface area contributed by atoms with Crippen molar-refractivity contribution in [2.75, 3.05) is 7.05 Å². The highest BCUT2D eigenvalue weighted by Gasteiger charge is 2.34. The molecule has 0 aromatic rings. The van der Waals surface area contributed by atoms with E-state index in [2.05, 4.69) is 18.9 Å². The van der Waals surface area contributed by atoms with Gasteiger partial charge in [-0.25, -0.2) is 0 Å². The third-order valence-corrected chi connectivity index (χ3v) is 4.64. The van der Waals surface area contributed by atoms with Gasteiger partial charge in [-0.05, 0) is 38.6 Å². The Bertz CT molecular complexity index is 205. The maximum atomic E-state index is 6.19. The van der Waals surface area contributed by atoms with Crippen molar-refractivity contribution in [3.63, 3.8) is 0 Å². The molecule has 0 saturated heterocycles. The zero-order valence-electron chi connectivity index (χ0n) is 10.3. The van der Waals surface area contributed by atoms with Gasteiger partial charge in [0, 0.05) is 18.1 Å². The molecule has 0 aliphatic heterocycles. The molecule has 0 amide bonds. The Morgan fingerprint density at radius 3 is 2.20 bits per heavy atom. The molecule has 88 valence electrons. The summed E-state index contributed by atoms with van der Waals surface area (Å²) in [7, 11) is 2.31. The molecule has 0 aromatic heterocycles. The predicted octanol–water partition coefficient (Wildman–Crippen LogP) is 2.38. The lowest BCUT2D eigenvalue weighted by molar-refractivity contribution is 0.0918. The molecular formula is C13H26N2. The molecule has 15 heavy (non-hydrogen) atoms. The zero-order valence-corrected chi connectivity index (χ0v) is 10.3. The number of hydrogen-bond acceptors (Lipinski definition) is 2. The number of hydrogen-bond donors (Lipinski definition) is 1. The molecule has 0 aromatic carbocycles. The fourth-order valence-electron chi connectivity index (χ4n) is 3.62. The Balaban J connectivity index is 1.96. The molecule has 2 N–H and O–H groups in total. The van der Waals surface area contributed by atoms with E-state index < -0.39 is 0 Å². The van der Waals surface area contributed by atoms with Gasteiger partial charge in [0.15, 0.2) is 0 Å².